The Morgan fingerprint density at radius 2 is 1.77 bits per heavy atom. The van der Waals surface area contributed by atoms with E-state index in [-0.39, 0.29) is 0 Å². The fourth-order valence-corrected chi connectivity index (χ4v) is 2.14. The van der Waals surface area contributed by atoms with Crippen molar-refractivity contribution in [1.29, 1.82) is 0 Å². The highest BCUT2D eigenvalue weighted by Gasteiger charge is 2.09. The normalized spacial score (nSPS) is 11.0. The van der Waals surface area contributed by atoms with Crippen molar-refractivity contribution in [2.75, 3.05) is 7.11 Å². The van der Waals surface area contributed by atoms with Gasteiger partial charge in [0.05, 0.1) is 17.7 Å². The maximum atomic E-state index is 6.11. The van der Waals surface area contributed by atoms with E-state index in [1.54, 1.807) is 19.3 Å². The summed E-state index contributed by atoms with van der Waals surface area (Å²) in [5, 5.41) is 8.59. The van der Waals surface area contributed by atoms with Crippen LogP contribution in [0.2, 0.25) is 5.02 Å². The SMILES string of the molecule is COc1ccc(/C=C\c2nnc(-c3ccccc3Cl)o2)cc1. The molecular formula is C17H13ClN2O2. The molecule has 1 heterocycles. The molecule has 0 atom stereocenters. The molecule has 0 amide bonds. The summed E-state index contributed by atoms with van der Waals surface area (Å²) in [6, 6.07) is 15.0. The summed E-state index contributed by atoms with van der Waals surface area (Å²) in [6.07, 6.45) is 3.65. The lowest BCUT2D eigenvalue weighted by molar-refractivity contribution is 0.415. The van der Waals surface area contributed by atoms with Crippen molar-refractivity contribution in [2.24, 2.45) is 0 Å². The largest absolute Gasteiger partial charge is 0.497 e. The Morgan fingerprint density at radius 3 is 2.50 bits per heavy atom. The van der Waals surface area contributed by atoms with Gasteiger partial charge < -0.3 is 9.15 Å². The number of nitrogens with zero attached hydrogens (tertiary/aromatic N) is 2. The molecule has 0 unspecified atom stereocenters. The van der Waals surface area contributed by atoms with Crippen LogP contribution in [0.5, 0.6) is 5.75 Å². The second-order valence-corrected chi connectivity index (χ2v) is 4.94. The predicted molar refractivity (Wildman–Crippen MR) is 86.7 cm³/mol. The number of hydrogen-bond donors (Lipinski definition) is 0. The number of ether oxygens (including phenoxy) is 1. The molecule has 22 heavy (non-hydrogen) atoms. The fraction of sp³-hybridized carbons (Fsp3) is 0.0588. The molecule has 2 aromatic carbocycles. The van der Waals surface area contributed by atoms with Gasteiger partial charge in [0.25, 0.3) is 0 Å². The highest BCUT2D eigenvalue weighted by atomic mass is 35.5. The van der Waals surface area contributed by atoms with E-state index in [1.807, 2.05) is 48.5 Å². The third-order valence-electron chi connectivity index (χ3n) is 3.08. The standard InChI is InChI=1S/C17H13ClN2O2/c1-21-13-9-6-12(7-10-13)8-11-16-19-20-17(22-16)14-4-2-3-5-15(14)18/h2-11H,1H3/b11-8-. The first-order valence-electron chi connectivity index (χ1n) is 6.67. The summed E-state index contributed by atoms with van der Waals surface area (Å²) in [5.41, 5.74) is 1.74. The second kappa shape index (κ2) is 6.45. The molecule has 110 valence electrons. The first-order chi connectivity index (χ1) is 10.8. The molecule has 0 spiro atoms. The molecule has 5 heteroatoms. The van der Waals surface area contributed by atoms with Crippen molar-refractivity contribution in [2.45, 2.75) is 0 Å². The molecule has 0 fully saturated rings. The first kappa shape index (κ1) is 14.4. The van der Waals surface area contributed by atoms with Crippen LogP contribution in [0.15, 0.2) is 52.9 Å². The molecule has 0 aliphatic rings. The van der Waals surface area contributed by atoms with E-state index >= 15 is 0 Å². The van der Waals surface area contributed by atoms with Gasteiger partial charge in [-0.25, -0.2) is 0 Å². The summed E-state index contributed by atoms with van der Waals surface area (Å²) < 4.78 is 10.7. The molecule has 0 N–H and O–H groups in total. The van der Waals surface area contributed by atoms with Crippen LogP contribution < -0.4 is 4.74 Å². The van der Waals surface area contributed by atoms with E-state index in [1.165, 1.54) is 0 Å². The quantitative estimate of drug-likeness (QED) is 0.708. The smallest absolute Gasteiger partial charge is 0.249 e. The number of aromatic nitrogens is 2. The van der Waals surface area contributed by atoms with Gasteiger partial charge in [0.2, 0.25) is 11.8 Å². The Bertz CT molecular complexity index is 794. The minimum absolute atomic E-state index is 0.403. The lowest BCUT2D eigenvalue weighted by atomic mass is 10.2. The molecular weight excluding hydrogens is 300 g/mol. The molecule has 0 aliphatic heterocycles. The number of rotatable bonds is 4. The van der Waals surface area contributed by atoms with E-state index in [2.05, 4.69) is 10.2 Å². The van der Waals surface area contributed by atoms with Crippen molar-refractivity contribution in [1.82, 2.24) is 10.2 Å². The van der Waals surface area contributed by atoms with Gasteiger partial charge in [0.1, 0.15) is 5.75 Å². The van der Waals surface area contributed by atoms with Gasteiger partial charge >= 0.3 is 0 Å². The van der Waals surface area contributed by atoms with Crippen LogP contribution >= 0.6 is 11.6 Å². The lowest BCUT2D eigenvalue weighted by Crippen LogP contribution is -1.81. The van der Waals surface area contributed by atoms with Crippen molar-refractivity contribution >= 4 is 23.8 Å². The van der Waals surface area contributed by atoms with Crippen LogP contribution in [0.4, 0.5) is 0 Å². The number of hydrogen-bond acceptors (Lipinski definition) is 4. The van der Waals surface area contributed by atoms with Gasteiger partial charge in [-0.1, -0.05) is 35.9 Å². The Balaban J connectivity index is 1.79. The zero-order valence-corrected chi connectivity index (χ0v) is 12.6. The highest BCUT2D eigenvalue weighted by Crippen LogP contribution is 2.26. The highest BCUT2D eigenvalue weighted by molar-refractivity contribution is 6.33. The Hall–Kier alpha value is -2.59. The summed E-state index contributed by atoms with van der Waals surface area (Å²) in [6.45, 7) is 0. The van der Waals surface area contributed by atoms with Crippen LogP contribution in [-0.2, 0) is 0 Å². The maximum absolute atomic E-state index is 6.11. The Kier molecular flexibility index (Phi) is 4.21. The molecule has 0 saturated carbocycles. The van der Waals surface area contributed by atoms with E-state index in [4.69, 9.17) is 20.8 Å². The molecule has 4 nitrogen and oxygen atoms in total. The van der Waals surface area contributed by atoms with E-state index in [0.717, 1.165) is 16.9 Å². The van der Waals surface area contributed by atoms with Crippen LogP contribution in [0.25, 0.3) is 23.6 Å². The summed E-state index contributed by atoms with van der Waals surface area (Å²) >= 11 is 6.11. The fourth-order valence-electron chi connectivity index (χ4n) is 1.93. The minimum Gasteiger partial charge on any atom is -0.497 e. The van der Waals surface area contributed by atoms with Crippen LogP contribution in [0.3, 0.4) is 0 Å². The molecule has 3 aromatic rings. The van der Waals surface area contributed by atoms with Crippen molar-refractivity contribution < 1.29 is 9.15 Å². The van der Waals surface area contributed by atoms with Crippen molar-refractivity contribution in [3.63, 3.8) is 0 Å². The zero-order valence-electron chi connectivity index (χ0n) is 11.9. The van der Waals surface area contributed by atoms with Gasteiger partial charge in [-0.15, -0.1) is 10.2 Å². The second-order valence-electron chi connectivity index (χ2n) is 4.53. The van der Waals surface area contributed by atoms with Crippen molar-refractivity contribution in [3.05, 3.63) is 65.0 Å². The topological polar surface area (TPSA) is 48.2 Å². The lowest BCUT2D eigenvalue weighted by Gasteiger charge is -1.98. The Labute approximate surface area is 133 Å². The zero-order chi connectivity index (χ0) is 15.4. The average Bonchev–Trinajstić information content (AvgIpc) is 3.02. The van der Waals surface area contributed by atoms with Crippen LogP contribution in [0.1, 0.15) is 11.5 Å². The van der Waals surface area contributed by atoms with E-state index in [0.29, 0.717) is 16.8 Å². The third kappa shape index (κ3) is 3.18. The van der Waals surface area contributed by atoms with Crippen LogP contribution in [-0.4, -0.2) is 17.3 Å². The van der Waals surface area contributed by atoms with Crippen molar-refractivity contribution in [3.8, 4) is 17.2 Å². The van der Waals surface area contributed by atoms with Gasteiger partial charge in [-0.3, -0.25) is 0 Å². The minimum atomic E-state index is 0.403. The molecule has 0 radical (unpaired) electrons. The summed E-state index contributed by atoms with van der Waals surface area (Å²) in [5.74, 6) is 1.64. The number of benzene rings is 2. The van der Waals surface area contributed by atoms with Gasteiger partial charge in [0.15, 0.2) is 0 Å². The van der Waals surface area contributed by atoms with Gasteiger partial charge in [0, 0.05) is 6.08 Å². The molecule has 3 rings (SSSR count). The average molecular weight is 313 g/mol. The number of halogens is 1. The third-order valence-corrected chi connectivity index (χ3v) is 3.41. The van der Waals surface area contributed by atoms with E-state index < -0.39 is 0 Å². The molecule has 1 aromatic heterocycles. The van der Waals surface area contributed by atoms with Gasteiger partial charge in [-0.2, -0.15) is 0 Å². The molecule has 0 bridgehead atoms. The summed E-state index contributed by atoms with van der Waals surface area (Å²) in [4.78, 5) is 0. The number of methoxy groups -OCH3 is 1. The molecule has 0 aliphatic carbocycles. The van der Waals surface area contributed by atoms with Gasteiger partial charge in [-0.05, 0) is 35.9 Å². The van der Waals surface area contributed by atoms with Crippen LogP contribution in [0, 0.1) is 0 Å². The Morgan fingerprint density at radius 1 is 1.00 bits per heavy atom. The maximum Gasteiger partial charge on any atom is 0.249 e. The molecule has 0 saturated heterocycles. The predicted octanol–water partition coefficient (Wildman–Crippen LogP) is 4.57. The summed E-state index contributed by atoms with van der Waals surface area (Å²) in [7, 11) is 1.64. The first-order valence-corrected chi connectivity index (χ1v) is 7.04. The monoisotopic (exact) mass is 312 g/mol. The van der Waals surface area contributed by atoms with E-state index in [9.17, 15) is 0 Å².